The molecule has 0 amide bonds. The second-order valence-corrected chi connectivity index (χ2v) is 14.4. The maximum atomic E-state index is 6.25. The second-order valence-electron chi connectivity index (χ2n) is 13.3. The summed E-state index contributed by atoms with van der Waals surface area (Å²) in [5, 5.41) is 5.73. The Kier molecular flexibility index (Phi) is 6.48. The van der Waals surface area contributed by atoms with Crippen molar-refractivity contribution in [3.8, 4) is 56.0 Å². The fourth-order valence-electron chi connectivity index (χ4n) is 7.78. The van der Waals surface area contributed by atoms with Gasteiger partial charge < -0.3 is 4.42 Å². The highest BCUT2D eigenvalue weighted by molar-refractivity contribution is 7.99. The lowest BCUT2D eigenvalue weighted by atomic mass is 9.92. The maximum absolute atomic E-state index is 6.25. The highest BCUT2D eigenvalue weighted by Crippen LogP contribution is 2.50. The molecule has 10 aromatic rings. The number of rotatable bonds is 4. The summed E-state index contributed by atoms with van der Waals surface area (Å²) < 4.78 is 6.25. The molecule has 242 valence electrons. The first kappa shape index (κ1) is 29.3. The summed E-state index contributed by atoms with van der Waals surface area (Å²) in [6, 6.07) is 60.2. The van der Waals surface area contributed by atoms with Crippen LogP contribution in [0.25, 0.3) is 99.6 Å². The predicted octanol–water partition coefficient (Wildman–Crippen LogP) is 13.5. The Labute approximate surface area is 304 Å². The Hall–Kier alpha value is -6.49. The number of fused-ring (bicyclic) bond motifs is 6. The van der Waals surface area contributed by atoms with Gasteiger partial charge in [0.15, 0.2) is 5.82 Å². The van der Waals surface area contributed by atoms with E-state index in [1.807, 2.05) is 30.0 Å². The summed E-state index contributed by atoms with van der Waals surface area (Å²) in [6.45, 7) is 0. The molecule has 52 heavy (non-hydrogen) atoms. The minimum Gasteiger partial charge on any atom is -0.456 e. The van der Waals surface area contributed by atoms with Gasteiger partial charge in [0.1, 0.15) is 11.2 Å². The summed E-state index contributed by atoms with van der Waals surface area (Å²) in [5.41, 5.74) is 12.9. The molecule has 0 saturated heterocycles. The fraction of sp³-hybridized carbons (Fsp3) is 0. The zero-order chi connectivity index (χ0) is 34.2. The third kappa shape index (κ3) is 4.62. The van der Waals surface area contributed by atoms with E-state index in [0.29, 0.717) is 0 Å². The van der Waals surface area contributed by atoms with Gasteiger partial charge >= 0.3 is 0 Å². The van der Waals surface area contributed by atoms with Crippen LogP contribution in [0, 0.1) is 0 Å². The minimum atomic E-state index is 0.730. The van der Waals surface area contributed by atoms with E-state index in [1.54, 1.807) is 0 Å². The van der Waals surface area contributed by atoms with Crippen molar-refractivity contribution >= 4 is 55.4 Å². The highest BCUT2D eigenvalue weighted by atomic mass is 32.2. The van der Waals surface area contributed by atoms with Crippen molar-refractivity contribution in [2.24, 2.45) is 0 Å². The first-order chi connectivity index (χ1) is 25.7. The van der Waals surface area contributed by atoms with Crippen molar-refractivity contribution in [3.63, 3.8) is 0 Å². The van der Waals surface area contributed by atoms with Crippen molar-refractivity contribution < 1.29 is 4.42 Å². The Morgan fingerprint density at radius 1 is 0.385 bits per heavy atom. The highest BCUT2D eigenvalue weighted by Gasteiger charge is 2.23. The molecule has 2 aromatic heterocycles. The molecule has 8 aromatic carbocycles. The van der Waals surface area contributed by atoms with Crippen LogP contribution in [0.1, 0.15) is 0 Å². The lowest BCUT2D eigenvalue weighted by Gasteiger charge is -2.22. The van der Waals surface area contributed by atoms with Crippen molar-refractivity contribution in [1.82, 2.24) is 9.97 Å². The molecule has 0 bridgehead atoms. The fourth-order valence-corrected chi connectivity index (χ4v) is 8.89. The molecule has 0 aliphatic carbocycles. The summed E-state index contributed by atoms with van der Waals surface area (Å²) >= 11 is 1.83. The van der Waals surface area contributed by atoms with Crippen molar-refractivity contribution in [2.45, 2.75) is 9.79 Å². The van der Waals surface area contributed by atoms with Gasteiger partial charge in [-0.25, -0.2) is 9.97 Å². The van der Waals surface area contributed by atoms with Crippen LogP contribution in [0.4, 0.5) is 0 Å². The average molecular weight is 681 g/mol. The molecule has 1 aliphatic heterocycles. The molecule has 0 spiro atoms. The second kappa shape index (κ2) is 11.5. The van der Waals surface area contributed by atoms with Crippen LogP contribution in [-0.4, -0.2) is 9.97 Å². The topological polar surface area (TPSA) is 38.9 Å². The quantitative estimate of drug-likeness (QED) is 0.185. The van der Waals surface area contributed by atoms with E-state index in [4.69, 9.17) is 14.4 Å². The van der Waals surface area contributed by atoms with Crippen molar-refractivity contribution in [3.05, 3.63) is 170 Å². The third-order valence-electron chi connectivity index (χ3n) is 10.3. The van der Waals surface area contributed by atoms with Gasteiger partial charge in [-0.05, 0) is 87.3 Å². The van der Waals surface area contributed by atoms with E-state index >= 15 is 0 Å². The first-order valence-electron chi connectivity index (χ1n) is 17.5. The number of benzene rings is 8. The van der Waals surface area contributed by atoms with Gasteiger partial charge in [-0.15, -0.1) is 0 Å². The van der Waals surface area contributed by atoms with Gasteiger partial charge in [0, 0.05) is 42.5 Å². The molecule has 11 rings (SSSR count). The Bertz CT molecular complexity index is 3040. The van der Waals surface area contributed by atoms with Gasteiger partial charge in [-0.1, -0.05) is 133 Å². The van der Waals surface area contributed by atoms with Crippen LogP contribution in [0.3, 0.4) is 0 Å². The Morgan fingerprint density at radius 3 is 1.96 bits per heavy atom. The van der Waals surface area contributed by atoms with Crippen molar-refractivity contribution in [2.75, 3.05) is 0 Å². The molecular weight excluding hydrogens is 653 g/mol. The van der Waals surface area contributed by atoms with E-state index in [0.717, 1.165) is 66.4 Å². The van der Waals surface area contributed by atoms with E-state index < -0.39 is 0 Å². The zero-order valence-corrected chi connectivity index (χ0v) is 28.7. The first-order valence-corrected chi connectivity index (χ1v) is 18.3. The molecule has 0 fully saturated rings. The normalized spacial score (nSPS) is 12.2. The van der Waals surface area contributed by atoms with Gasteiger partial charge in [0.2, 0.25) is 0 Å². The number of hydrogen-bond acceptors (Lipinski definition) is 4. The van der Waals surface area contributed by atoms with E-state index in [1.165, 1.54) is 43.0 Å². The third-order valence-corrected chi connectivity index (χ3v) is 11.4. The molecule has 0 atom stereocenters. The number of para-hydroxylation sites is 2. The molecule has 1 aliphatic rings. The maximum Gasteiger partial charge on any atom is 0.161 e. The van der Waals surface area contributed by atoms with E-state index in [2.05, 4.69) is 152 Å². The van der Waals surface area contributed by atoms with Gasteiger partial charge in [-0.3, -0.25) is 0 Å². The Morgan fingerprint density at radius 2 is 1.06 bits per heavy atom. The molecule has 0 unspecified atom stereocenters. The summed E-state index contributed by atoms with van der Waals surface area (Å²) in [4.78, 5) is 13.0. The minimum absolute atomic E-state index is 0.730. The van der Waals surface area contributed by atoms with Gasteiger partial charge in [0.05, 0.1) is 11.2 Å². The number of aromatic nitrogens is 2. The lowest BCUT2D eigenvalue weighted by Crippen LogP contribution is -1.98. The van der Waals surface area contributed by atoms with Crippen LogP contribution in [-0.2, 0) is 0 Å². The van der Waals surface area contributed by atoms with Crippen LogP contribution in [0.15, 0.2) is 184 Å². The SMILES string of the molecule is c1ccc(-c2ccc(-c3nc(-c4ccc5c6c(cccc46)-c4cc(-c6ccc7c(c6)oc6ccccc67)ccc4S5)nc4ccccc34)cc2)cc1. The van der Waals surface area contributed by atoms with Gasteiger partial charge in [0.25, 0.3) is 0 Å². The summed E-state index contributed by atoms with van der Waals surface area (Å²) in [5.74, 6) is 0.730. The number of nitrogens with zero attached hydrogens (tertiary/aromatic N) is 2. The molecule has 0 saturated carbocycles. The summed E-state index contributed by atoms with van der Waals surface area (Å²) in [6.07, 6.45) is 0. The average Bonchev–Trinajstić information content (AvgIpc) is 3.59. The zero-order valence-electron chi connectivity index (χ0n) is 27.9. The van der Waals surface area contributed by atoms with Crippen LogP contribution < -0.4 is 0 Å². The standard InChI is InChI=1S/C48H28N2OS/c1-2-9-29(10-3-1)30-17-19-31(20-18-30)47-39-12-4-6-15-41(39)49-48(50-47)38-24-26-45-46-36(38)13-8-14-37(46)40-27-32(22-25-44(40)52-45)33-21-23-35-34-11-5-7-16-42(34)51-43(35)28-33/h1-28H. The van der Waals surface area contributed by atoms with E-state index in [9.17, 15) is 0 Å². The molecule has 3 heterocycles. The van der Waals surface area contributed by atoms with Crippen molar-refractivity contribution in [1.29, 1.82) is 0 Å². The van der Waals surface area contributed by atoms with E-state index in [-0.39, 0.29) is 0 Å². The van der Waals surface area contributed by atoms with Crippen LogP contribution in [0.2, 0.25) is 0 Å². The monoisotopic (exact) mass is 680 g/mol. The number of hydrogen-bond donors (Lipinski definition) is 0. The van der Waals surface area contributed by atoms with Gasteiger partial charge in [-0.2, -0.15) is 0 Å². The predicted molar refractivity (Wildman–Crippen MR) is 216 cm³/mol. The smallest absolute Gasteiger partial charge is 0.161 e. The van der Waals surface area contributed by atoms with Crippen LogP contribution in [0.5, 0.6) is 0 Å². The molecule has 0 radical (unpaired) electrons. The molecule has 4 heteroatoms. The largest absolute Gasteiger partial charge is 0.456 e. The number of furan rings is 1. The molecule has 0 N–H and O–H groups in total. The summed E-state index contributed by atoms with van der Waals surface area (Å²) in [7, 11) is 0. The lowest BCUT2D eigenvalue weighted by molar-refractivity contribution is 0.669. The van der Waals surface area contributed by atoms with Crippen LogP contribution >= 0.6 is 11.8 Å². The molecular formula is C48H28N2OS. The Balaban J connectivity index is 1.04. The molecule has 3 nitrogen and oxygen atoms in total.